The number of benzene rings is 1. The average molecular weight is 535 g/mol. The Morgan fingerprint density at radius 3 is 2.85 bits per heavy atom. The minimum absolute atomic E-state index is 0.0450. The van der Waals surface area contributed by atoms with Crippen LogP contribution in [0.15, 0.2) is 15.6 Å². The molecule has 1 aromatic heterocycles. The molecule has 0 spiro atoms. The fourth-order valence-corrected chi connectivity index (χ4v) is 5.84. The summed E-state index contributed by atoms with van der Waals surface area (Å²) in [6, 6.07) is 4.18. The quantitative estimate of drug-likeness (QED) is 0.471. The second-order valence-corrected chi connectivity index (χ2v) is 11.3. The van der Waals surface area contributed by atoms with E-state index in [1.807, 2.05) is 44.9 Å². The number of amides is 1. The molecule has 33 heavy (non-hydrogen) atoms. The molecule has 1 aromatic carbocycles. The van der Waals surface area contributed by atoms with Gasteiger partial charge in [0.2, 0.25) is 0 Å². The Hall–Kier alpha value is -2.05. The molecule has 2 saturated heterocycles. The molecular weight excluding hydrogens is 507 g/mol. The maximum Gasteiger partial charge on any atom is 0.410 e. The van der Waals surface area contributed by atoms with Crippen molar-refractivity contribution in [1.29, 1.82) is 5.26 Å². The van der Waals surface area contributed by atoms with Gasteiger partial charge in [0.1, 0.15) is 16.1 Å². The Morgan fingerprint density at radius 1 is 1.48 bits per heavy atom. The lowest BCUT2D eigenvalue weighted by molar-refractivity contribution is 0.0239. The number of ether oxygens (including phenoxy) is 1. The van der Waals surface area contributed by atoms with Gasteiger partial charge in [-0.2, -0.15) is 5.26 Å². The molecule has 2 aromatic rings. The van der Waals surface area contributed by atoms with Crippen LogP contribution in [0, 0.1) is 30.0 Å². The van der Waals surface area contributed by atoms with E-state index in [4.69, 9.17) is 10.00 Å². The van der Waals surface area contributed by atoms with Crippen LogP contribution in [0.5, 0.6) is 0 Å². The minimum atomic E-state index is -0.539. The van der Waals surface area contributed by atoms with Gasteiger partial charge < -0.3 is 15.0 Å². The van der Waals surface area contributed by atoms with Crippen LogP contribution in [0.4, 0.5) is 14.9 Å². The molecule has 1 amide bonds. The van der Waals surface area contributed by atoms with Gasteiger partial charge in [0.05, 0.1) is 22.6 Å². The van der Waals surface area contributed by atoms with Crippen LogP contribution in [-0.2, 0) is 11.2 Å². The molecule has 1 aliphatic carbocycles. The van der Waals surface area contributed by atoms with E-state index >= 15 is 4.39 Å². The number of rotatable bonds is 5. The summed E-state index contributed by atoms with van der Waals surface area (Å²) < 4.78 is 21.3. The number of hydrogen-bond acceptors (Lipinski definition) is 6. The average Bonchev–Trinajstić information content (AvgIpc) is 3.33. The Morgan fingerprint density at radius 2 is 2.21 bits per heavy atom. The number of aryl methyl sites for hydroxylation is 1. The molecular formula is C24H28BrFN4O2S. The lowest BCUT2D eigenvalue weighted by Gasteiger charge is -2.38. The summed E-state index contributed by atoms with van der Waals surface area (Å²) in [6.07, 6.45) is 3.33. The van der Waals surface area contributed by atoms with Crippen molar-refractivity contribution < 1.29 is 13.9 Å². The van der Waals surface area contributed by atoms with E-state index in [0.717, 1.165) is 28.3 Å². The highest BCUT2D eigenvalue weighted by atomic mass is 79.9. The molecule has 1 saturated carbocycles. The second-order valence-electron chi connectivity index (χ2n) is 9.70. The SMILES string of the molecule is CSc1nc2c(F)c(Br)c(CCC#N)cc2c(NC2C3CC2N(C(=O)OC(C)(C)C)C3)c1C. The van der Waals surface area contributed by atoms with Gasteiger partial charge in [-0.3, -0.25) is 0 Å². The second kappa shape index (κ2) is 8.95. The minimum Gasteiger partial charge on any atom is -0.444 e. The number of thioether (sulfide) groups is 1. The first kappa shape index (κ1) is 24.1. The molecule has 176 valence electrons. The van der Waals surface area contributed by atoms with E-state index < -0.39 is 11.4 Å². The summed E-state index contributed by atoms with van der Waals surface area (Å²) >= 11 is 4.84. The van der Waals surface area contributed by atoms with Gasteiger partial charge in [-0.05, 0) is 74.4 Å². The third kappa shape index (κ3) is 4.40. The molecule has 3 heterocycles. The van der Waals surface area contributed by atoms with Crippen molar-refractivity contribution in [2.45, 2.75) is 69.7 Å². The summed E-state index contributed by atoms with van der Waals surface area (Å²) in [5.74, 6) is -0.0908. The van der Waals surface area contributed by atoms with E-state index in [2.05, 4.69) is 32.3 Å². The fraction of sp³-hybridized carbons (Fsp3) is 0.542. The zero-order valence-corrected chi connectivity index (χ0v) is 21.9. The van der Waals surface area contributed by atoms with Gasteiger partial charge in [0.25, 0.3) is 0 Å². The third-order valence-electron chi connectivity index (χ3n) is 6.37. The van der Waals surface area contributed by atoms with Crippen LogP contribution >= 0.6 is 27.7 Å². The number of nitrogens with one attached hydrogen (secondary N) is 1. The van der Waals surface area contributed by atoms with Crippen LogP contribution in [0.2, 0.25) is 0 Å². The number of carbonyl (C=O) groups is 1. The lowest BCUT2D eigenvalue weighted by atomic mass is 9.79. The normalized spacial score (nSPS) is 21.6. The topological polar surface area (TPSA) is 78.3 Å². The van der Waals surface area contributed by atoms with Gasteiger partial charge in [-0.15, -0.1) is 11.8 Å². The Balaban J connectivity index is 1.71. The number of aromatic nitrogens is 1. The molecule has 9 heteroatoms. The van der Waals surface area contributed by atoms with Crippen molar-refractivity contribution >= 4 is 50.4 Å². The number of nitrogens with zero attached hydrogens (tertiary/aromatic N) is 3. The monoisotopic (exact) mass is 534 g/mol. The number of hydrogen-bond donors (Lipinski definition) is 1. The zero-order chi connectivity index (χ0) is 24.1. The molecule has 0 radical (unpaired) electrons. The molecule has 2 bridgehead atoms. The molecule has 3 aliphatic rings. The van der Waals surface area contributed by atoms with Crippen LogP contribution in [0.3, 0.4) is 0 Å². The Labute approximate surface area is 206 Å². The zero-order valence-electron chi connectivity index (χ0n) is 19.5. The summed E-state index contributed by atoms with van der Waals surface area (Å²) in [5, 5.41) is 14.1. The van der Waals surface area contributed by atoms with Crippen molar-refractivity contribution in [1.82, 2.24) is 9.88 Å². The first-order valence-electron chi connectivity index (χ1n) is 11.0. The molecule has 1 N–H and O–H groups in total. The van der Waals surface area contributed by atoms with E-state index in [1.165, 1.54) is 11.8 Å². The highest BCUT2D eigenvalue weighted by Crippen LogP contribution is 2.45. The lowest BCUT2D eigenvalue weighted by Crippen LogP contribution is -2.50. The van der Waals surface area contributed by atoms with Crippen molar-refractivity contribution in [2.24, 2.45) is 5.92 Å². The van der Waals surface area contributed by atoms with Crippen LogP contribution in [0.25, 0.3) is 10.9 Å². The van der Waals surface area contributed by atoms with Crippen molar-refractivity contribution in [2.75, 3.05) is 18.1 Å². The largest absolute Gasteiger partial charge is 0.444 e. The van der Waals surface area contributed by atoms with E-state index in [-0.39, 0.29) is 18.2 Å². The van der Waals surface area contributed by atoms with Gasteiger partial charge in [0, 0.05) is 35.5 Å². The van der Waals surface area contributed by atoms with E-state index in [1.54, 1.807) is 0 Å². The number of nitriles is 1. The number of halogens is 2. The third-order valence-corrected chi connectivity index (χ3v) is 8.01. The van der Waals surface area contributed by atoms with Crippen molar-refractivity contribution in [3.05, 3.63) is 27.5 Å². The van der Waals surface area contributed by atoms with E-state index in [0.29, 0.717) is 40.7 Å². The maximum absolute atomic E-state index is 15.3. The van der Waals surface area contributed by atoms with Crippen LogP contribution < -0.4 is 5.32 Å². The summed E-state index contributed by atoms with van der Waals surface area (Å²) in [7, 11) is 0. The highest BCUT2D eigenvalue weighted by Gasteiger charge is 2.55. The predicted octanol–water partition coefficient (Wildman–Crippen LogP) is 6.04. The first-order valence-corrected chi connectivity index (χ1v) is 13.1. The maximum atomic E-state index is 15.3. The van der Waals surface area contributed by atoms with Crippen molar-refractivity contribution in [3.63, 3.8) is 0 Å². The van der Waals surface area contributed by atoms with Crippen LogP contribution in [-0.4, -0.2) is 46.5 Å². The first-order chi connectivity index (χ1) is 15.6. The van der Waals surface area contributed by atoms with Gasteiger partial charge >= 0.3 is 6.09 Å². The summed E-state index contributed by atoms with van der Waals surface area (Å²) in [6.45, 7) is 8.25. The molecule has 3 fully saturated rings. The molecule has 3 unspecified atom stereocenters. The van der Waals surface area contributed by atoms with E-state index in [9.17, 15) is 4.79 Å². The summed E-state index contributed by atoms with van der Waals surface area (Å²) in [5.41, 5.74) is 2.31. The number of fused-ring (bicyclic) bond motifs is 2. The molecule has 3 atom stereocenters. The van der Waals surface area contributed by atoms with Gasteiger partial charge in [-0.25, -0.2) is 14.2 Å². The Kier molecular flexibility index (Phi) is 6.53. The number of anilines is 1. The Bertz CT molecular complexity index is 1160. The van der Waals surface area contributed by atoms with Gasteiger partial charge in [0.15, 0.2) is 5.82 Å². The fourth-order valence-electron chi connectivity index (χ4n) is 4.75. The molecule has 6 nitrogen and oxygen atoms in total. The molecule has 5 rings (SSSR count). The van der Waals surface area contributed by atoms with Crippen LogP contribution in [0.1, 0.15) is 44.7 Å². The van der Waals surface area contributed by atoms with Crippen molar-refractivity contribution in [3.8, 4) is 6.07 Å². The standard InChI is InChI=1S/C24H28BrFN4O2S/c1-12-19(28-20-14-10-16(20)30(11-14)23(31)32-24(2,3)4)15-9-13(7-6-8-27)17(25)18(26)21(15)29-22(12)33-5/h9,14,16,20H,6-7,10-11H2,1-5H3,(H,28,29). The highest BCUT2D eigenvalue weighted by molar-refractivity contribution is 9.10. The number of carbonyl (C=O) groups excluding carboxylic acids is 1. The predicted molar refractivity (Wildman–Crippen MR) is 132 cm³/mol. The molecule has 2 aliphatic heterocycles. The van der Waals surface area contributed by atoms with Gasteiger partial charge in [-0.1, -0.05) is 0 Å². The number of pyridine rings is 1. The summed E-state index contributed by atoms with van der Waals surface area (Å²) in [4.78, 5) is 19.1. The smallest absolute Gasteiger partial charge is 0.410 e.